The number of para-hydroxylation sites is 1. The van der Waals surface area contributed by atoms with Crippen LogP contribution >= 0.6 is 23.2 Å². The first kappa shape index (κ1) is 22.2. The summed E-state index contributed by atoms with van der Waals surface area (Å²) in [7, 11) is -4.26. The molecule has 2 heterocycles. The van der Waals surface area contributed by atoms with Crippen molar-refractivity contribution in [2.75, 3.05) is 17.1 Å². The number of aromatic nitrogens is 4. The molecule has 2 aromatic carbocycles. The minimum absolute atomic E-state index is 0.109. The highest BCUT2D eigenvalue weighted by Gasteiger charge is 2.26. The number of anilines is 2. The Kier molecular flexibility index (Phi) is 5.91. The van der Waals surface area contributed by atoms with Crippen LogP contribution in [-0.4, -0.2) is 39.9 Å². The molecular formula is C19H15Cl2FN6O3S. The number of nitrogen functional groups attached to an aromatic ring is 1. The highest BCUT2D eigenvalue weighted by molar-refractivity contribution is 7.92. The predicted molar refractivity (Wildman–Crippen MR) is 119 cm³/mol. The van der Waals surface area contributed by atoms with Crippen LogP contribution in [0.3, 0.4) is 0 Å². The van der Waals surface area contributed by atoms with Crippen LogP contribution in [0.1, 0.15) is 0 Å². The number of fused-ring (bicyclic) bond motifs is 1. The lowest BCUT2D eigenvalue weighted by molar-refractivity contribution is 0.271. The molecule has 9 nitrogen and oxygen atoms in total. The molecule has 4 N–H and O–H groups in total. The molecule has 0 aliphatic rings. The van der Waals surface area contributed by atoms with Crippen molar-refractivity contribution in [1.29, 1.82) is 0 Å². The van der Waals surface area contributed by atoms with Crippen LogP contribution < -0.4 is 10.5 Å². The first-order chi connectivity index (χ1) is 15.2. The Hall–Kier alpha value is -2.99. The highest BCUT2D eigenvalue weighted by atomic mass is 35.5. The largest absolute Gasteiger partial charge is 0.394 e. The van der Waals surface area contributed by atoms with E-state index in [2.05, 4.69) is 19.8 Å². The van der Waals surface area contributed by atoms with Gasteiger partial charge in [-0.3, -0.25) is 4.72 Å². The summed E-state index contributed by atoms with van der Waals surface area (Å²) >= 11 is 12.7. The Morgan fingerprint density at radius 1 is 1.12 bits per heavy atom. The van der Waals surface area contributed by atoms with Gasteiger partial charge in [0, 0.05) is 5.56 Å². The number of aliphatic hydroxyl groups excluding tert-OH is 1. The molecule has 0 radical (unpaired) electrons. The summed E-state index contributed by atoms with van der Waals surface area (Å²) in [5.41, 5.74) is 6.69. The van der Waals surface area contributed by atoms with E-state index in [1.807, 2.05) is 0 Å². The molecule has 166 valence electrons. The quantitative estimate of drug-likeness (QED) is 0.372. The van der Waals surface area contributed by atoms with E-state index in [0.29, 0.717) is 11.0 Å². The van der Waals surface area contributed by atoms with E-state index < -0.39 is 15.8 Å². The van der Waals surface area contributed by atoms with Crippen LogP contribution in [0.25, 0.3) is 22.3 Å². The molecule has 2 aromatic heterocycles. The number of aliphatic hydroxyl groups is 1. The molecule has 0 spiro atoms. The maximum Gasteiger partial charge on any atom is 0.263 e. The van der Waals surface area contributed by atoms with Crippen LogP contribution in [0.4, 0.5) is 15.9 Å². The van der Waals surface area contributed by atoms with Gasteiger partial charge in [-0.15, -0.1) is 0 Å². The number of hydrogen-bond acceptors (Lipinski definition) is 7. The second kappa shape index (κ2) is 8.51. The fourth-order valence-electron chi connectivity index (χ4n) is 3.14. The maximum atomic E-state index is 13.9. The number of hydrogen-bond donors (Lipinski definition) is 3. The third-order valence-corrected chi connectivity index (χ3v) is 6.98. The fraction of sp³-hybridized carbons (Fsp3) is 0.105. The number of halogens is 3. The summed E-state index contributed by atoms with van der Waals surface area (Å²) in [5, 5.41) is 13.7. The average Bonchev–Trinajstić information content (AvgIpc) is 3.11. The van der Waals surface area contributed by atoms with Gasteiger partial charge in [-0.2, -0.15) is 5.10 Å². The zero-order valence-electron chi connectivity index (χ0n) is 16.1. The monoisotopic (exact) mass is 496 g/mol. The average molecular weight is 497 g/mol. The van der Waals surface area contributed by atoms with E-state index in [1.165, 1.54) is 41.3 Å². The van der Waals surface area contributed by atoms with Gasteiger partial charge >= 0.3 is 0 Å². The van der Waals surface area contributed by atoms with Crippen molar-refractivity contribution < 1.29 is 17.9 Å². The number of nitrogens with two attached hydrogens (primary N) is 1. The maximum absolute atomic E-state index is 13.9. The Balaban J connectivity index is 1.84. The van der Waals surface area contributed by atoms with Gasteiger partial charge in [-0.1, -0.05) is 35.3 Å². The smallest absolute Gasteiger partial charge is 0.263 e. The third kappa shape index (κ3) is 3.84. The van der Waals surface area contributed by atoms with E-state index in [1.54, 1.807) is 0 Å². The molecule has 0 unspecified atom stereocenters. The molecule has 0 saturated heterocycles. The molecular weight excluding hydrogens is 482 g/mol. The van der Waals surface area contributed by atoms with Crippen molar-refractivity contribution in [1.82, 2.24) is 19.7 Å². The van der Waals surface area contributed by atoms with Crippen molar-refractivity contribution in [2.24, 2.45) is 0 Å². The molecule has 4 rings (SSSR count). The minimum atomic E-state index is -4.26. The van der Waals surface area contributed by atoms with Crippen molar-refractivity contribution in [2.45, 2.75) is 11.4 Å². The zero-order chi connectivity index (χ0) is 23.0. The summed E-state index contributed by atoms with van der Waals surface area (Å²) < 4.78 is 43.1. The van der Waals surface area contributed by atoms with E-state index in [0.717, 1.165) is 6.07 Å². The van der Waals surface area contributed by atoms with E-state index in [-0.39, 0.29) is 50.9 Å². The zero-order valence-corrected chi connectivity index (χ0v) is 18.5. The number of rotatable bonds is 6. The minimum Gasteiger partial charge on any atom is -0.394 e. The highest BCUT2D eigenvalue weighted by Crippen LogP contribution is 2.40. The molecule has 0 atom stereocenters. The van der Waals surface area contributed by atoms with Gasteiger partial charge in [0.2, 0.25) is 0 Å². The molecule has 0 amide bonds. The topological polar surface area (TPSA) is 136 Å². The summed E-state index contributed by atoms with van der Waals surface area (Å²) in [6, 6.07) is 7.95. The number of benzene rings is 2. The Morgan fingerprint density at radius 3 is 2.59 bits per heavy atom. The lowest BCUT2D eigenvalue weighted by Crippen LogP contribution is -2.14. The predicted octanol–water partition coefficient (Wildman–Crippen LogP) is 3.31. The SMILES string of the molecule is Nc1ncnc2c1c(-c1ccc(S(=O)(=O)Nc3ccccc3F)c(Cl)c1Cl)nn2CCO. The van der Waals surface area contributed by atoms with Crippen LogP contribution in [0.2, 0.25) is 10.0 Å². The van der Waals surface area contributed by atoms with Crippen molar-refractivity contribution >= 4 is 55.8 Å². The second-order valence-electron chi connectivity index (χ2n) is 6.58. The summed E-state index contributed by atoms with van der Waals surface area (Å²) in [5.74, 6) is -0.620. The first-order valence-electron chi connectivity index (χ1n) is 9.08. The first-order valence-corrected chi connectivity index (χ1v) is 11.3. The third-order valence-electron chi connectivity index (χ3n) is 4.58. The Morgan fingerprint density at radius 2 is 1.88 bits per heavy atom. The van der Waals surface area contributed by atoms with Gasteiger partial charge < -0.3 is 10.8 Å². The molecule has 0 saturated carbocycles. The number of sulfonamides is 1. The molecule has 0 bridgehead atoms. The number of nitrogens with zero attached hydrogens (tertiary/aromatic N) is 4. The van der Waals surface area contributed by atoms with Crippen LogP contribution in [-0.2, 0) is 16.6 Å². The van der Waals surface area contributed by atoms with Crippen LogP contribution in [0.15, 0.2) is 47.6 Å². The summed E-state index contributed by atoms with van der Waals surface area (Å²) in [6.07, 6.45) is 1.26. The fourth-order valence-corrected chi connectivity index (χ4v) is 5.07. The van der Waals surface area contributed by atoms with Gasteiger partial charge in [0.25, 0.3) is 10.0 Å². The van der Waals surface area contributed by atoms with Gasteiger partial charge in [-0.25, -0.2) is 27.5 Å². The lowest BCUT2D eigenvalue weighted by atomic mass is 10.1. The molecule has 32 heavy (non-hydrogen) atoms. The molecule has 0 aliphatic carbocycles. The molecule has 0 aliphatic heterocycles. The number of nitrogens with one attached hydrogen (secondary N) is 1. The van der Waals surface area contributed by atoms with Crippen LogP contribution in [0.5, 0.6) is 0 Å². The molecule has 13 heteroatoms. The van der Waals surface area contributed by atoms with Gasteiger partial charge in [0.15, 0.2) is 5.65 Å². The summed E-state index contributed by atoms with van der Waals surface area (Å²) in [6.45, 7) is -0.0646. The van der Waals surface area contributed by atoms with Crippen LogP contribution in [0, 0.1) is 5.82 Å². The van der Waals surface area contributed by atoms with E-state index >= 15 is 0 Å². The van der Waals surface area contributed by atoms with Gasteiger partial charge in [-0.05, 0) is 24.3 Å². The van der Waals surface area contributed by atoms with E-state index in [4.69, 9.17) is 28.9 Å². The molecule has 0 fully saturated rings. The summed E-state index contributed by atoms with van der Waals surface area (Å²) in [4.78, 5) is 7.77. The lowest BCUT2D eigenvalue weighted by Gasteiger charge is -2.12. The molecule has 4 aromatic rings. The normalized spacial score (nSPS) is 11.8. The van der Waals surface area contributed by atoms with Crippen molar-refractivity contribution in [3.8, 4) is 11.3 Å². The van der Waals surface area contributed by atoms with Gasteiger partial charge in [0.05, 0.1) is 34.3 Å². The van der Waals surface area contributed by atoms with Crippen molar-refractivity contribution in [3.05, 3.63) is 58.6 Å². The van der Waals surface area contributed by atoms with Crippen molar-refractivity contribution in [3.63, 3.8) is 0 Å². The van der Waals surface area contributed by atoms with Gasteiger partial charge in [0.1, 0.15) is 28.6 Å². The Labute approximate surface area is 191 Å². The van der Waals surface area contributed by atoms with E-state index in [9.17, 15) is 17.9 Å². The second-order valence-corrected chi connectivity index (χ2v) is 8.98. The standard InChI is InChI=1S/C19H15Cl2FN6O3S/c20-15-10(17-14-18(23)24-9-25-19(14)28(26-17)7-8-29)5-6-13(16(15)21)32(30,31)27-12-4-2-1-3-11(12)22/h1-6,9,27,29H,7-8H2,(H2,23,24,25). The Bertz CT molecular complexity index is 1440.